The summed E-state index contributed by atoms with van der Waals surface area (Å²) in [6.07, 6.45) is 2.58. The fourth-order valence-electron chi connectivity index (χ4n) is 4.17. The van der Waals surface area contributed by atoms with Crippen LogP contribution in [0, 0.1) is 10.1 Å². The molecule has 9 heteroatoms. The molecule has 2 aliphatic rings. The molecule has 1 saturated heterocycles. The number of nitrogens with zero attached hydrogens (tertiary/aromatic N) is 3. The van der Waals surface area contributed by atoms with Gasteiger partial charge in [-0.1, -0.05) is 41.7 Å². The van der Waals surface area contributed by atoms with Crippen molar-refractivity contribution in [3.8, 4) is 11.5 Å². The second-order valence-corrected chi connectivity index (χ2v) is 8.75. The normalized spacial score (nSPS) is 19.5. The molecular formula is C24H22N4O4S. The van der Waals surface area contributed by atoms with E-state index in [2.05, 4.69) is 22.6 Å². The summed E-state index contributed by atoms with van der Waals surface area (Å²) in [5, 5.41) is 13.4. The molecule has 2 aliphatic heterocycles. The first kappa shape index (κ1) is 21.2. The van der Waals surface area contributed by atoms with E-state index in [1.54, 1.807) is 20.3 Å². The average Bonchev–Trinajstić information content (AvgIpc) is 3.51. The van der Waals surface area contributed by atoms with Crippen molar-refractivity contribution in [3.05, 3.63) is 92.9 Å². The fourth-order valence-corrected chi connectivity index (χ4v) is 4.96. The Balaban J connectivity index is 1.57. The topological polar surface area (TPSA) is 89.2 Å². The maximum absolute atomic E-state index is 11.2. The number of rotatable bonds is 6. The number of ether oxygens (including phenoxy) is 2. The highest BCUT2D eigenvalue weighted by Gasteiger charge is 2.37. The van der Waals surface area contributed by atoms with E-state index in [-0.39, 0.29) is 22.1 Å². The van der Waals surface area contributed by atoms with Crippen molar-refractivity contribution in [2.75, 3.05) is 14.2 Å². The first-order valence-corrected chi connectivity index (χ1v) is 11.3. The third-order valence-corrected chi connectivity index (χ3v) is 6.83. The number of benzene rings is 2. The number of fused-ring (bicyclic) bond motifs is 1. The minimum atomic E-state index is -0.370. The van der Waals surface area contributed by atoms with Crippen LogP contribution in [0.25, 0.3) is 5.70 Å². The SMILES string of the molecule is COc1ccc(C2=CC(c3ccc([N+](=O)[O-])s3)=NC3CC(c4ccccc4)NN23)cc1OC. The van der Waals surface area contributed by atoms with Crippen LogP contribution in [-0.4, -0.2) is 36.0 Å². The second-order valence-electron chi connectivity index (χ2n) is 7.69. The Labute approximate surface area is 194 Å². The highest BCUT2D eigenvalue weighted by atomic mass is 32.1. The Hall–Kier alpha value is -3.69. The van der Waals surface area contributed by atoms with Gasteiger partial charge in [-0.3, -0.25) is 20.1 Å². The summed E-state index contributed by atoms with van der Waals surface area (Å²) in [6.45, 7) is 0. The fraction of sp³-hybridized carbons (Fsp3) is 0.208. The molecule has 1 aromatic heterocycles. The lowest BCUT2D eigenvalue weighted by molar-refractivity contribution is -0.380. The molecule has 0 aliphatic carbocycles. The molecule has 0 spiro atoms. The molecule has 0 radical (unpaired) electrons. The molecule has 2 atom stereocenters. The van der Waals surface area contributed by atoms with Crippen molar-refractivity contribution in [2.45, 2.75) is 18.6 Å². The number of nitro groups is 1. The number of nitrogens with one attached hydrogen (secondary N) is 1. The predicted octanol–water partition coefficient (Wildman–Crippen LogP) is 4.80. The largest absolute Gasteiger partial charge is 0.493 e. The average molecular weight is 463 g/mol. The van der Waals surface area contributed by atoms with Crippen LogP contribution in [0.1, 0.15) is 28.5 Å². The molecule has 8 nitrogen and oxygen atoms in total. The maximum Gasteiger partial charge on any atom is 0.324 e. The lowest BCUT2D eigenvalue weighted by Gasteiger charge is -2.31. The van der Waals surface area contributed by atoms with E-state index in [1.807, 2.05) is 42.5 Å². The minimum absolute atomic E-state index is 0.0977. The van der Waals surface area contributed by atoms with E-state index in [9.17, 15) is 10.1 Å². The molecule has 1 fully saturated rings. The number of hydrogen-bond donors (Lipinski definition) is 1. The summed E-state index contributed by atoms with van der Waals surface area (Å²) in [4.78, 5) is 16.6. The van der Waals surface area contributed by atoms with Crippen molar-refractivity contribution < 1.29 is 14.4 Å². The predicted molar refractivity (Wildman–Crippen MR) is 128 cm³/mol. The number of hydrogen-bond acceptors (Lipinski definition) is 8. The van der Waals surface area contributed by atoms with E-state index < -0.39 is 0 Å². The zero-order valence-electron chi connectivity index (χ0n) is 18.1. The number of thiophene rings is 1. The van der Waals surface area contributed by atoms with Crippen molar-refractivity contribution in [3.63, 3.8) is 0 Å². The molecule has 0 amide bonds. The molecular weight excluding hydrogens is 440 g/mol. The second kappa shape index (κ2) is 8.68. The van der Waals surface area contributed by atoms with Crippen molar-refractivity contribution in [2.24, 2.45) is 4.99 Å². The zero-order chi connectivity index (χ0) is 22.9. The summed E-state index contributed by atoms with van der Waals surface area (Å²) in [5.74, 6) is 1.27. The zero-order valence-corrected chi connectivity index (χ0v) is 18.9. The lowest BCUT2D eigenvalue weighted by atomic mass is 10.0. The molecule has 0 bridgehead atoms. The molecule has 3 heterocycles. The standard InChI is InChI=1S/C24H22N4O4S/c1-31-20-9-8-16(12-21(20)32-2)19-13-18(22-10-11-24(33-22)28(29)30)25-23-14-17(26-27(19)23)15-6-4-3-5-7-15/h3-13,17,23,26H,14H2,1-2H3. The first-order valence-electron chi connectivity index (χ1n) is 10.4. The minimum Gasteiger partial charge on any atom is -0.493 e. The van der Waals surface area contributed by atoms with Gasteiger partial charge in [-0.25, -0.2) is 5.43 Å². The molecule has 2 unspecified atom stereocenters. The Morgan fingerprint density at radius 3 is 2.58 bits per heavy atom. The van der Waals surface area contributed by atoms with Gasteiger partial charge in [0.1, 0.15) is 6.17 Å². The van der Waals surface area contributed by atoms with Gasteiger partial charge in [-0.05, 0) is 35.9 Å². The monoisotopic (exact) mass is 462 g/mol. The van der Waals surface area contributed by atoms with Gasteiger partial charge >= 0.3 is 5.00 Å². The van der Waals surface area contributed by atoms with Gasteiger partial charge < -0.3 is 9.47 Å². The quantitative estimate of drug-likeness (QED) is 0.418. The van der Waals surface area contributed by atoms with Crippen LogP contribution in [-0.2, 0) is 0 Å². The van der Waals surface area contributed by atoms with Gasteiger partial charge in [0.05, 0.1) is 41.5 Å². The Kier molecular flexibility index (Phi) is 5.57. The Morgan fingerprint density at radius 1 is 1.09 bits per heavy atom. The Morgan fingerprint density at radius 2 is 1.88 bits per heavy atom. The van der Waals surface area contributed by atoms with Gasteiger partial charge in [0.25, 0.3) is 0 Å². The summed E-state index contributed by atoms with van der Waals surface area (Å²) < 4.78 is 10.9. The van der Waals surface area contributed by atoms with Gasteiger partial charge in [0.2, 0.25) is 0 Å². The number of allylic oxidation sites excluding steroid dienone is 1. The van der Waals surface area contributed by atoms with Crippen molar-refractivity contribution >= 4 is 27.7 Å². The molecule has 0 saturated carbocycles. The summed E-state index contributed by atoms with van der Waals surface area (Å²) >= 11 is 1.13. The molecule has 168 valence electrons. The van der Waals surface area contributed by atoms with Crippen molar-refractivity contribution in [1.82, 2.24) is 10.4 Å². The van der Waals surface area contributed by atoms with Gasteiger partial charge in [0.15, 0.2) is 11.5 Å². The maximum atomic E-state index is 11.2. The van der Waals surface area contributed by atoms with E-state index in [1.165, 1.54) is 11.6 Å². The number of aliphatic imine (C=N–C) groups is 1. The van der Waals surface area contributed by atoms with Crippen LogP contribution in [0.4, 0.5) is 5.00 Å². The van der Waals surface area contributed by atoms with Crippen molar-refractivity contribution in [1.29, 1.82) is 0 Å². The summed E-state index contributed by atoms with van der Waals surface area (Å²) in [6, 6.07) is 19.4. The van der Waals surface area contributed by atoms with E-state index in [4.69, 9.17) is 14.5 Å². The summed E-state index contributed by atoms with van der Waals surface area (Å²) in [5.41, 5.74) is 7.36. The van der Waals surface area contributed by atoms with Gasteiger partial charge in [-0.15, -0.1) is 0 Å². The van der Waals surface area contributed by atoms with Gasteiger partial charge in [-0.2, -0.15) is 0 Å². The van der Waals surface area contributed by atoms with Gasteiger partial charge in [0, 0.05) is 18.1 Å². The third kappa shape index (κ3) is 3.96. The van der Waals surface area contributed by atoms with E-state index >= 15 is 0 Å². The smallest absolute Gasteiger partial charge is 0.324 e. The number of methoxy groups -OCH3 is 2. The highest BCUT2D eigenvalue weighted by molar-refractivity contribution is 7.17. The molecule has 2 aromatic carbocycles. The molecule has 1 N–H and O–H groups in total. The highest BCUT2D eigenvalue weighted by Crippen LogP contribution is 2.39. The van der Waals surface area contributed by atoms with E-state index in [0.29, 0.717) is 11.5 Å². The van der Waals surface area contributed by atoms with Crippen LogP contribution in [0.5, 0.6) is 11.5 Å². The van der Waals surface area contributed by atoms with Crippen LogP contribution < -0.4 is 14.9 Å². The summed E-state index contributed by atoms with van der Waals surface area (Å²) in [7, 11) is 3.21. The van der Waals surface area contributed by atoms with Crippen LogP contribution in [0.3, 0.4) is 0 Å². The van der Waals surface area contributed by atoms with Crippen LogP contribution in [0.2, 0.25) is 0 Å². The van der Waals surface area contributed by atoms with Crippen LogP contribution >= 0.6 is 11.3 Å². The Bertz CT molecular complexity index is 1250. The van der Waals surface area contributed by atoms with E-state index in [0.717, 1.165) is 39.6 Å². The molecule has 33 heavy (non-hydrogen) atoms. The lowest BCUT2D eigenvalue weighted by Crippen LogP contribution is -2.38. The third-order valence-electron chi connectivity index (χ3n) is 5.77. The molecule has 3 aromatic rings. The number of hydrazine groups is 1. The molecule has 5 rings (SSSR count). The first-order chi connectivity index (χ1) is 16.1. The van der Waals surface area contributed by atoms with Crippen LogP contribution in [0.15, 0.2) is 71.7 Å².